The topological polar surface area (TPSA) is 76.2 Å². The molecule has 0 fully saturated rings. The first kappa shape index (κ1) is 20.9. The van der Waals surface area contributed by atoms with Gasteiger partial charge in [-0.05, 0) is 34.6 Å². The van der Waals surface area contributed by atoms with E-state index in [1.54, 1.807) is 16.7 Å². The van der Waals surface area contributed by atoms with Gasteiger partial charge in [-0.3, -0.25) is 0 Å². The zero-order chi connectivity index (χ0) is 17.8. The van der Waals surface area contributed by atoms with Gasteiger partial charge < -0.3 is 19.3 Å². The number of ether oxygens (including phenoxy) is 2. The van der Waals surface area contributed by atoms with Crippen LogP contribution in [0.4, 0.5) is 4.79 Å². The minimum atomic E-state index is -0.642. The average Bonchev–Trinajstić information content (AvgIpc) is 2.53. The van der Waals surface area contributed by atoms with Gasteiger partial charge in [-0.25, -0.2) is 14.4 Å². The van der Waals surface area contributed by atoms with Gasteiger partial charge in [-0.1, -0.05) is 0 Å². The zero-order valence-electron chi connectivity index (χ0n) is 14.7. The van der Waals surface area contributed by atoms with Crippen LogP contribution < -0.4 is 0 Å². The van der Waals surface area contributed by atoms with Crippen molar-refractivity contribution in [3.63, 3.8) is 0 Å². The number of carbonyl (C=O) groups excluding carboxylic acids is 3. The van der Waals surface area contributed by atoms with Crippen molar-refractivity contribution in [3.8, 4) is 0 Å². The molecule has 0 spiro atoms. The van der Waals surface area contributed by atoms with Crippen LogP contribution in [0.15, 0.2) is 12.2 Å². The van der Waals surface area contributed by atoms with E-state index in [2.05, 4.69) is 4.74 Å². The molecule has 0 aliphatic carbocycles. The Balaban J connectivity index is 4.49. The number of nitrogens with zero attached hydrogens (tertiary/aromatic N) is 2. The molecule has 132 valence electrons. The van der Waals surface area contributed by atoms with Gasteiger partial charge in [0, 0.05) is 31.8 Å². The molecule has 0 rings (SSSR count). The van der Waals surface area contributed by atoms with Gasteiger partial charge in [-0.15, -0.1) is 0 Å². The number of rotatable bonds is 9. The fourth-order valence-electron chi connectivity index (χ4n) is 1.98. The molecule has 0 saturated heterocycles. The van der Waals surface area contributed by atoms with Crippen LogP contribution in [-0.4, -0.2) is 66.7 Å². The largest absolute Gasteiger partial charge is 0.463 e. The number of likely N-dealkylation sites (N-methyl/N-ethyl adjacent to an activating group) is 1. The SMILES string of the molecule is CCOC(=O)C=CC(=O)OCC(C)N(CC)C(=O)N(CC)CC. The Morgan fingerprint density at radius 1 is 0.913 bits per heavy atom. The highest BCUT2D eigenvalue weighted by molar-refractivity contribution is 5.91. The van der Waals surface area contributed by atoms with Gasteiger partial charge in [0.1, 0.15) is 6.61 Å². The van der Waals surface area contributed by atoms with Crippen LogP contribution in [0.3, 0.4) is 0 Å². The minimum Gasteiger partial charge on any atom is -0.463 e. The Hall–Kier alpha value is -2.05. The van der Waals surface area contributed by atoms with Crippen molar-refractivity contribution in [3.05, 3.63) is 12.2 Å². The molecule has 1 atom stereocenters. The first-order valence-corrected chi connectivity index (χ1v) is 7.98. The normalized spacial score (nSPS) is 11.9. The maximum absolute atomic E-state index is 12.3. The zero-order valence-corrected chi connectivity index (χ0v) is 14.7. The van der Waals surface area contributed by atoms with E-state index in [4.69, 9.17) is 4.74 Å². The smallest absolute Gasteiger partial charge is 0.331 e. The molecule has 0 heterocycles. The molecule has 0 bridgehead atoms. The second kappa shape index (κ2) is 11.5. The number of carbonyl (C=O) groups is 3. The fourth-order valence-corrected chi connectivity index (χ4v) is 1.98. The first-order valence-electron chi connectivity index (χ1n) is 7.98. The van der Waals surface area contributed by atoms with E-state index in [1.165, 1.54) is 0 Å². The van der Waals surface area contributed by atoms with Crippen LogP contribution in [0, 0.1) is 0 Å². The summed E-state index contributed by atoms with van der Waals surface area (Å²) in [7, 11) is 0. The number of hydrogen-bond acceptors (Lipinski definition) is 5. The lowest BCUT2D eigenvalue weighted by atomic mass is 10.3. The molecule has 7 nitrogen and oxygen atoms in total. The molecule has 0 saturated carbocycles. The predicted octanol–water partition coefficient (Wildman–Crippen LogP) is 1.82. The van der Waals surface area contributed by atoms with Crippen LogP contribution >= 0.6 is 0 Å². The first-order chi connectivity index (χ1) is 10.9. The van der Waals surface area contributed by atoms with E-state index < -0.39 is 11.9 Å². The van der Waals surface area contributed by atoms with Gasteiger partial charge in [0.2, 0.25) is 0 Å². The van der Waals surface area contributed by atoms with E-state index in [0.29, 0.717) is 19.6 Å². The van der Waals surface area contributed by atoms with Crippen molar-refractivity contribution in [1.82, 2.24) is 9.80 Å². The van der Waals surface area contributed by atoms with Gasteiger partial charge in [0.15, 0.2) is 0 Å². The highest BCUT2D eigenvalue weighted by Crippen LogP contribution is 2.06. The molecule has 0 radical (unpaired) electrons. The molecule has 7 heteroatoms. The Morgan fingerprint density at radius 2 is 1.43 bits per heavy atom. The Bertz CT molecular complexity index is 419. The Labute approximate surface area is 138 Å². The lowest BCUT2D eigenvalue weighted by molar-refractivity contribution is -0.141. The Morgan fingerprint density at radius 3 is 1.87 bits per heavy atom. The third-order valence-electron chi connectivity index (χ3n) is 3.26. The lowest BCUT2D eigenvalue weighted by Gasteiger charge is -2.32. The summed E-state index contributed by atoms with van der Waals surface area (Å²) in [6, 6.07) is -0.337. The third kappa shape index (κ3) is 7.67. The van der Waals surface area contributed by atoms with Gasteiger partial charge in [0.05, 0.1) is 12.6 Å². The molecule has 0 aliphatic rings. The predicted molar refractivity (Wildman–Crippen MR) is 86.9 cm³/mol. The van der Waals surface area contributed by atoms with Crippen LogP contribution in [0.25, 0.3) is 0 Å². The van der Waals surface area contributed by atoms with E-state index in [1.807, 2.05) is 27.7 Å². The molecule has 23 heavy (non-hydrogen) atoms. The van der Waals surface area contributed by atoms with Gasteiger partial charge in [-0.2, -0.15) is 0 Å². The second-order valence-electron chi connectivity index (χ2n) is 4.81. The summed E-state index contributed by atoms with van der Waals surface area (Å²) in [4.78, 5) is 38.4. The molecule has 0 aliphatic heterocycles. The maximum Gasteiger partial charge on any atom is 0.331 e. The highest BCUT2D eigenvalue weighted by Gasteiger charge is 2.23. The molecule has 0 aromatic carbocycles. The van der Waals surface area contributed by atoms with Crippen LogP contribution in [0.2, 0.25) is 0 Å². The number of urea groups is 1. The maximum atomic E-state index is 12.3. The van der Waals surface area contributed by atoms with Crippen molar-refractivity contribution < 1.29 is 23.9 Å². The van der Waals surface area contributed by atoms with E-state index in [-0.39, 0.29) is 25.3 Å². The summed E-state index contributed by atoms with van der Waals surface area (Å²) in [5, 5.41) is 0. The summed E-state index contributed by atoms with van der Waals surface area (Å²) in [5.41, 5.74) is 0. The molecular formula is C16H28N2O5. The quantitative estimate of drug-likeness (QED) is 0.477. The van der Waals surface area contributed by atoms with Crippen molar-refractivity contribution >= 4 is 18.0 Å². The Kier molecular flexibility index (Phi) is 10.5. The summed E-state index contributed by atoms with van der Waals surface area (Å²) >= 11 is 0. The summed E-state index contributed by atoms with van der Waals surface area (Å²) in [6.45, 7) is 11.3. The molecule has 2 amide bonds. The second-order valence-corrected chi connectivity index (χ2v) is 4.81. The summed E-state index contributed by atoms with van der Waals surface area (Å²) < 4.78 is 9.73. The molecule has 0 N–H and O–H groups in total. The highest BCUT2D eigenvalue weighted by atomic mass is 16.5. The van der Waals surface area contributed by atoms with Crippen LogP contribution in [0.5, 0.6) is 0 Å². The fraction of sp³-hybridized carbons (Fsp3) is 0.688. The van der Waals surface area contributed by atoms with Crippen LogP contribution in [0.1, 0.15) is 34.6 Å². The summed E-state index contributed by atoms with van der Waals surface area (Å²) in [5.74, 6) is -1.24. The van der Waals surface area contributed by atoms with Crippen molar-refractivity contribution in [2.24, 2.45) is 0 Å². The van der Waals surface area contributed by atoms with Gasteiger partial charge >= 0.3 is 18.0 Å². The monoisotopic (exact) mass is 328 g/mol. The minimum absolute atomic E-state index is 0.0623. The summed E-state index contributed by atoms with van der Waals surface area (Å²) in [6.07, 6.45) is 2.04. The van der Waals surface area contributed by atoms with E-state index in [0.717, 1.165) is 12.2 Å². The lowest BCUT2D eigenvalue weighted by Crippen LogP contribution is -2.48. The van der Waals surface area contributed by atoms with Gasteiger partial charge in [0.25, 0.3) is 0 Å². The van der Waals surface area contributed by atoms with E-state index >= 15 is 0 Å². The molecule has 0 aromatic heterocycles. The number of amides is 2. The van der Waals surface area contributed by atoms with Crippen molar-refractivity contribution in [2.75, 3.05) is 32.8 Å². The number of hydrogen-bond donors (Lipinski definition) is 0. The standard InChI is InChI=1S/C16H28N2O5/c1-6-17(7-2)16(21)18(8-3)13(5)12-23-15(20)11-10-14(19)22-9-4/h10-11,13H,6-9,12H2,1-5H3. The number of esters is 2. The van der Waals surface area contributed by atoms with E-state index in [9.17, 15) is 14.4 Å². The van der Waals surface area contributed by atoms with Crippen molar-refractivity contribution in [2.45, 2.75) is 40.7 Å². The van der Waals surface area contributed by atoms with Crippen molar-refractivity contribution in [1.29, 1.82) is 0 Å². The third-order valence-corrected chi connectivity index (χ3v) is 3.26. The molecule has 0 aromatic rings. The average molecular weight is 328 g/mol. The molecular weight excluding hydrogens is 300 g/mol. The molecule has 1 unspecified atom stereocenters. The van der Waals surface area contributed by atoms with Crippen LogP contribution in [-0.2, 0) is 19.1 Å².